The molecule has 0 aromatic heterocycles. The maximum absolute atomic E-state index is 12.0. The zero-order chi connectivity index (χ0) is 14.3. The lowest BCUT2D eigenvalue weighted by atomic mass is 10.0. The van der Waals surface area contributed by atoms with Crippen molar-refractivity contribution in [3.05, 3.63) is 29.8 Å². The van der Waals surface area contributed by atoms with E-state index < -0.39 is 0 Å². The highest BCUT2D eigenvalue weighted by molar-refractivity contribution is 5.78. The molecule has 19 heavy (non-hydrogen) atoms. The van der Waals surface area contributed by atoms with Gasteiger partial charge in [0.05, 0.1) is 13.2 Å². The third-order valence-electron chi connectivity index (χ3n) is 3.25. The topological polar surface area (TPSA) is 64.3 Å². The van der Waals surface area contributed by atoms with Crippen LogP contribution >= 0.6 is 0 Å². The molecule has 106 valence electrons. The quantitative estimate of drug-likeness (QED) is 0.794. The van der Waals surface area contributed by atoms with Gasteiger partial charge in [-0.3, -0.25) is 4.79 Å². The molecule has 0 bridgehead atoms. The molecular weight excluding hydrogens is 240 g/mol. The molecule has 0 radical (unpaired) electrons. The van der Waals surface area contributed by atoms with Gasteiger partial charge < -0.3 is 15.8 Å². The van der Waals surface area contributed by atoms with Gasteiger partial charge in [-0.25, -0.2) is 0 Å². The van der Waals surface area contributed by atoms with Crippen LogP contribution in [0.25, 0.3) is 0 Å². The molecular formula is C15H24N2O2. The van der Waals surface area contributed by atoms with Crippen LogP contribution in [0.2, 0.25) is 0 Å². The van der Waals surface area contributed by atoms with Crippen LogP contribution in [-0.2, 0) is 4.79 Å². The number of hydrogen-bond donors (Lipinski definition) is 2. The minimum atomic E-state index is -0.0658. The predicted molar refractivity (Wildman–Crippen MR) is 77.0 cm³/mol. The highest BCUT2D eigenvalue weighted by atomic mass is 16.5. The van der Waals surface area contributed by atoms with Crippen molar-refractivity contribution in [2.45, 2.75) is 32.7 Å². The minimum Gasteiger partial charge on any atom is -0.496 e. The molecule has 1 aromatic carbocycles. The van der Waals surface area contributed by atoms with Gasteiger partial charge in [0.1, 0.15) is 5.75 Å². The summed E-state index contributed by atoms with van der Waals surface area (Å²) in [6.07, 6.45) is 1.69. The monoisotopic (exact) mass is 264 g/mol. The van der Waals surface area contributed by atoms with Crippen molar-refractivity contribution < 1.29 is 9.53 Å². The number of nitrogens with one attached hydrogen (secondary N) is 1. The van der Waals surface area contributed by atoms with Crippen LogP contribution in [-0.4, -0.2) is 19.6 Å². The third kappa shape index (κ3) is 4.56. The number of rotatable bonds is 7. The number of nitrogens with two attached hydrogens (primary N) is 1. The van der Waals surface area contributed by atoms with E-state index in [4.69, 9.17) is 10.5 Å². The van der Waals surface area contributed by atoms with Crippen LogP contribution in [0.3, 0.4) is 0 Å². The lowest BCUT2D eigenvalue weighted by molar-refractivity contribution is -0.125. The van der Waals surface area contributed by atoms with E-state index in [0.29, 0.717) is 6.54 Å². The summed E-state index contributed by atoms with van der Waals surface area (Å²) in [7, 11) is 1.64. The molecule has 0 fully saturated rings. The van der Waals surface area contributed by atoms with E-state index in [2.05, 4.69) is 5.32 Å². The Morgan fingerprint density at radius 2 is 2.05 bits per heavy atom. The van der Waals surface area contributed by atoms with Gasteiger partial charge in [0.15, 0.2) is 0 Å². The van der Waals surface area contributed by atoms with Gasteiger partial charge in [0.25, 0.3) is 0 Å². The highest BCUT2D eigenvalue weighted by Gasteiger charge is 2.17. The Morgan fingerprint density at radius 1 is 1.37 bits per heavy atom. The zero-order valence-corrected chi connectivity index (χ0v) is 12.0. The molecule has 1 aromatic rings. The minimum absolute atomic E-state index is 0.0132. The summed E-state index contributed by atoms with van der Waals surface area (Å²) in [6, 6.07) is 7.66. The van der Waals surface area contributed by atoms with Crippen LogP contribution in [0, 0.1) is 5.92 Å². The summed E-state index contributed by atoms with van der Waals surface area (Å²) >= 11 is 0. The summed E-state index contributed by atoms with van der Waals surface area (Å²) in [6.45, 7) is 4.52. The second-order valence-electron chi connectivity index (χ2n) is 4.80. The van der Waals surface area contributed by atoms with Gasteiger partial charge in [-0.2, -0.15) is 0 Å². The molecule has 0 aliphatic carbocycles. The normalized spacial score (nSPS) is 13.7. The van der Waals surface area contributed by atoms with Crippen LogP contribution in [0.4, 0.5) is 0 Å². The molecule has 0 saturated carbocycles. The maximum atomic E-state index is 12.0. The zero-order valence-electron chi connectivity index (χ0n) is 12.0. The van der Waals surface area contributed by atoms with E-state index in [9.17, 15) is 4.79 Å². The molecule has 2 unspecified atom stereocenters. The fourth-order valence-electron chi connectivity index (χ4n) is 2.01. The maximum Gasteiger partial charge on any atom is 0.223 e. The summed E-state index contributed by atoms with van der Waals surface area (Å²) in [5, 5.41) is 3.02. The van der Waals surface area contributed by atoms with Crippen LogP contribution in [0.15, 0.2) is 24.3 Å². The molecule has 3 N–H and O–H groups in total. The van der Waals surface area contributed by atoms with E-state index >= 15 is 0 Å². The Hall–Kier alpha value is -1.55. The van der Waals surface area contributed by atoms with Crippen molar-refractivity contribution in [3.8, 4) is 5.75 Å². The molecule has 0 aliphatic heterocycles. The first-order valence-electron chi connectivity index (χ1n) is 6.73. The van der Waals surface area contributed by atoms with Gasteiger partial charge in [-0.15, -0.1) is 0 Å². The largest absolute Gasteiger partial charge is 0.496 e. The van der Waals surface area contributed by atoms with E-state index in [0.717, 1.165) is 24.2 Å². The van der Waals surface area contributed by atoms with E-state index in [-0.39, 0.29) is 17.9 Å². The molecule has 4 nitrogen and oxygen atoms in total. The molecule has 0 saturated heterocycles. The fourth-order valence-corrected chi connectivity index (χ4v) is 2.01. The van der Waals surface area contributed by atoms with Crippen molar-refractivity contribution in [1.82, 2.24) is 5.32 Å². The molecule has 0 spiro atoms. The number of para-hydroxylation sites is 1. The Kier molecular flexibility index (Phi) is 6.36. The SMILES string of the molecule is COc1ccccc1C(C)NC(=O)C(C)CCCN. The van der Waals surface area contributed by atoms with Crippen LogP contribution in [0.5, 0.6) is 5.75 Å². The van der Waals surface area contributed by atoms with Crippen LogP contribution in [0.1, 0.15) is 38.3 Å². The Bertz CT molecular complexity index is 407. The molecule has 4 heteroatoms. The van der Waals surface area contributed by atoms with E-state index in [1.54, 1.807) is 7.11 Å². The predicted octanol–water partition coefficient (Wildman–Crippen LogP) is 2.25. The second kappa shape index (κ2) is 7.79. The average molecular weight is 264 g/mol. The van der Waals surface area contributed by atoms with Gasteiger partial charge >= 0.3 is 0 Å². The van der Waals surface area contributed by atoms with Crippen molar-refractivity contribution in [3.63, 3.8) is 0 Å². The van der Waals surface area contributed by atoms with Crippen molar-refractivity contribution >= 4 is 5.91 Å². The smallest absolute Gasteiger partial charge is 0.223 e. The second-order valence-corrected chi connectivity index (χ2v) is 4.80. The lowest BCUT2D eigenvalue weighted by Crippen LogP contribution is -2.32. The average Bonchev–Trinajstić information content (AvgIpc) is 2.44. The first-order valence-corrected chi connectivity index (χ1v) is 6.73. The number of benzene rings is 1. The van der Waals surface area contributed by atoms with Crippen LogP contribution < -0.4 is 15.8 Å². The molecule has 0 aliphatic rings. The highest BCUT2D eigenvalue weighted by Crippen LogP contribution is 2.24. The van der Waals surface area contributed by atoms with Gasteiger partial charge in [-0.05, 0) is 32.4 Å². The van der Waals surface area contributed by atoms with Crippen molar-refractivity contribution in [1.29, 1.82) is 0 Å². The summed E-state index contributed by atoms with van der Waals surface area (Å²) in [5.41, 5.74) is 6.45. The number of carbonyl (C=O) groups excluding carboxylic acids is 1. The molecule has 1 amide bonds. The van der Waals surface area contributed by atoms with Gasteiger partial charge in [0, 0.05) is 11.5 Å². The molecule has 0 heterocycles. The third-order valence-corrected chi connectivity index (χ3v) is 3.25. The van der Waals surface area contributed by atoms with Crippen molar-refractivity contribution in [2.24, 2.45) is 11.7 Å². The van der Waals surface area contributed by atoms with Gasteiger partial charge in [-0.1, -0.05) is 25.1 Å². The van der Waals surface area contributed by atoms with E-state index in [1.807, 2.05) is 38.1 Å². The van der Waals surface area contributed by atoms with Crippen molar-refractivity contribution in [2.75, 3.05) is 13.7 Å². The summed E-state index contributed by atoms with van der Waals surface area (Å²) in [5.74, 6) is 0.845. The standard InChI is InChI=1S/C15H24N2O2/c1-11(7-6-10-16)15(18)17-12(2)13-8-4-5-9-14(13)19-3/h4-5,8-9,11-12H,6-7,10,16H2,1-3H3,(H,17,18). The summed E-state index contributed by atoms with van der Waals surface area (Å²) < 4.78 is 5.31. The lowest BCUT2D eigenvalue weighted by Gasteiger charge is -2.19. The number of ether oxygens (including phenoxy) is 1. The first kappa shape index (κ1) is 15.5. The van der Waals surface area contributed by atoms with Gasteiger partial charge in [0.2, 0.25) is 5.91 Å². The Morgan fingerprint density at radius 3 is 2.68 bits per heavy atom. The fraction of sp³-hybridized carbons (Fsp3) is 0.533. The number of methoxy groups -OCH3 is 1. The first-order chi connectivity index (χ1) is 9.10. The molecule has 1 rings (SSSR count). The Labute approximate surface area is 115 Å². The molecule has 2 atom stereocenters. The number of hydrogen-bond acceptors (Lipinski definition) is 3. The number of amides is 1. The number of carbonyl (C=O) groups is 1. The summed E-state index contributed by atoms with van der Waals surface area (Å²) in [4.78, 5) is 12.0. The Balaban J connectivity index is 2.63. The van der Waals surface area contributed by atoms with E-state index in [1.165, 1.54) is 0 Å².